The van der Waals surface area contributed by atoms with Crippen molar-refractivity contribution in [2.75, 3.05) is 6.67 Å². The Bertz CT molecular complexity index is 129. The Balaban J connectivity index is 2.26. The summed E-state index contributed by atoms with van der Waals surface area (Å²) in [5, 5.41) is 1.15. The molecule has 0 aromatic rings. The van der Waals surface area contributed by atoms with Gasteiger partial charge >= 0.3 is 6.72 Å². The molecule has 0 aromatic carbocycles. The number of hydrazine groups is 1. The molecule has 0 bridgehead atoms. The monoisotopic (exact) mass is 156 g/mol. The summed E-state index contributed by atoms with van der Waals surface area (Å²) in [7, 11) is 0. The smallest absolute Gasteiger partial charge is 0.324 e. The summed E-state index contributed by atoms with van der Waals surface area (Å²) in [5.74, 6) is 0. The van der Waals surface area contributed by atoms with Crippen LogP contribution in [-0.2, 0) is 16.4 Å². The highest BCUT2D eigenvalue weighted by Gasteiger charge is 2.24. The molecule has 1 rings (SSSR count). The van der Waals surface area contributed by atoms with Gasteiger partial charge in [-0.3, -0.25) is 0 Å². The SMILES string of the molecule is OP(O)(=S)ON1CN1. The van der Waals surface area contributed by atoms with E-state index in [1.807, 2.05) is 0 Å². The van der Waals surface area contributed by atoms with Gasteiger partial charge in [-0.1, -0.05) is 5.17 Å². The first-order valence-electron chi connectivity index (χ1n) is 1.84. The van der Waals surface area contributed by atoms with E-state index in [0.29, 0.717) is 6.67 Å². The molecule has 0 radical (unpaired) electrons. The first-order valence-corrected chi connectivity index (χ1v) is 4.47. The fraction of sp³-hybridized carbons (Fsp3) is 1.00. The molecule has 1 aliphatic rings. The lowest BCUT2D eigenvalue weighted by Gasteiger charge is -2.03. The van der Waals surface area contributed by atoms with Crippen molar-refractivity contribution in [1.82, 2.24) is 10.6 Å². The third-order valence-electron chi connectivity index (χ3n) is 0.492. The van der Waals surface area contributed by atoms with Gasteiger partial charge in [0.05, 0.1) is 0 Å². The van der Waals surface area contributed by atoms with E-state index < -0.39 is 6.72 Å². The number of nitrogens with zero attached hydrogens (tertiary/aromatic N) is 1. The van der Waals surface area contributed by atoms with Gasteiger partial charge < -0.3 is 9.79 Å². The standard InChI is InChI=1S/CH5N2O3PS/c4-7(5,8)6-3-1-2-3/h2H,1H2,(H2,4,5,8). The van der Waals surface area contributed by atoms with E-state index in [1.54, 1.807) is 0 Å². The predicted octanol–water partition coefficient (Wildman–Crippen LogP) is -1.10. The van der Waals surface area contributed by atoms with Crippen LogP contribution >= 0.6 is 6.72 Å². The summed E-state index contributed by atoms with van der Waals surface area (Å²) >= 11 is 4.12. The van der Waals surface area contributed by atoms with E-state index in [1.165, 1.54) is 0 Å². The fourth-order valence-corrected chi connectivity index (χ4v) is 0.829. The molecule has 3 N–H and O–H groups in total. The molecule has 1 aliphatic heterocycles. The summed E-state index contributed by atoms with van der Waals surface area (Å²) in [6.45, 7) is -2.96. The van der Waals surface area contributed by atoms with E-state index >= 15 is 0 Å². The molecule has 8 heavy (non-hydrogen) atoms. The van der Waals surface area contributed by atoms with Crippen molar-refractivity contribution >= 4 is 18.5 Å². The Morgan fingerprint density at radius 1 is 1.75 bits per heavy atom. The average Bonchev–Trinajstić information content (AvgIpc) is 2.12. The molecule has 1 saturated heterocycles. The summed E-state index contributed by atoms with van der Waals surface area (Å²) < 4.78 is 4.31. The van der Waals surface area contributed by atoms with Gasteiger partial charge in [-0.2, -0.15) is 0 Å². The van der Waals surface area contributed by atoms with Gasteiger partial charge in [0.15, 0.2) is 0 Å². The molecular weight excluding hydrogens is 151 g/mol. The van der Waals surface area contributed by atoms with Crippen molar-refractivity contribution in [3.05, 3.63) is 0 Å². The number of hydrogen-bond donors (Lipinski definition) is 3. The van der Waals surface area contributed by atoms with Gasteiger partial charge in [-0.15, -0.1) is 0 Å². The van der Waals surface area contributed by atoms with Crippen molar-refractivity contribution < 1.29 is 14.4 Å². The topological polar surface area (TPSA) is 74.6 Å². The van der Waals surface area contributed by atoms with Crippen LogP contribution in [0.3, 0.4) is 0 Å². The maximum absolute atomic E-state index is 8.41. The highest BCUT2D eigenvalue weighted by molar-refractivity contribution is 8.06. The Morgan fingerprint density at radius 3 is 2.38 bits per heavy atom. The van der Waals surface area contributed by atoms with Crippen molar-refractivity contribution in [3.8, 4) is 0 Å². The third kappa shape index (κ3) is 2.68. The molecule has 48 valence electrons. The molecule has 0 spiro atoms. The number of hydroxylamine groups is 1. The van der Waals surface area contributed by atoms with Gasteiger partial charge in [0.2, 0.25) is 0 Å². The largest absolute Gasteiger partial charge is 0.340 e. The molecule has 1 atom stereocenters. The molecule has 0 aliphatic carbocycles. The quantitative estimate of drug-likeness (QED) is 0.348. The maximum Gasteiger partial charge on any atom is 0.340 e. The Labute approximate surface area is 51.0 Å². The number of rotatable bonds is 2. The molecule has 7 heteroatoms. The lowest BCUT2D eigenvalue weighted by atomic mass is 11.4. The lowest BCUT2D eigenvalue weighted by molar-refractivity contribution is 0.0312. The minimum atomic E-state index is -3.46. The third-order valence-corrected chi connectivity index (χ3v) is 1.10. The predicted molar refractivity (Wildman–Crippen MR) is 29.6 cm³/mol. The summed E-state index contributed by atoms with van der Waals surface area (Å²) in [6.07, 6.45) is 0. The van der Waals surface area contributed by atoms with Gasteiger partial charge in [0.1, 0.15) is 6.67 Å². The molecule has 1 heterocycles. The van der Waals surface area contributed by atoms with E-state index in [-0.39, 0.29) is 0 Å². The first kappa shape index (κ1) is 6.57. The molecule has 0 saturated carbocycles. The average molecular weight is 156 g/mol. The van der Waals surface area contributed by atoms with Crippen LogP contribution in [0.5, 0.6) is 0 Å². The van der Waals surface area contributed by atoms with Crippen LogP contribution in [0, 0.1) is 0 Å². The first-order chi connectivity index (χ1) is 3.58. The Kier molecular flexibility index (Phi) is 1.64. The Hall–Kier alpha value is 0.450. The highest BCUT2D eigenvalue weighted by Crippen LogP contribution is 2.38. The summed E-state index contributed by atoms with van der Waals surface area (Å²) in [6, 6.07) is 0. The van der Waals surface area contributed by atoms with E-state index in [4.69, 9.17) is 9.79 Å². The van der Waals surface area contributed by atoms with Crippen LogP contribution in [0.25, 0.3) is 0 Å². The molecule has 0 aromatic heterocycles. The van der Waals surface area contributed by atoms with Crippen LogP contribution in [0.2, 0.25) is 0 Å². The van der Waals surface area contributed by atoms with Gasteiger partial charge in [0.25, 0.3) is 0 Å². The summed E-state index contributed by atoms with van der Waals surface area (Å²) in [5.41, 5.74) is 2.54. The van der Waals surface area contributed by atoms with Crippen LogP contribution in [0.1, 0.15) is 0 Å². The Morgan fingerprint density at radius 2 is 2.25 bits per heavy atom. The van der Waals surface area contributed by atoms with Crippen molar-refractivity contribution in [2.45, 2.75) is 0 Å². The van der Waals surface area contributed by atoms with Crippen molar-refractivity contribution in [2.24, 2.45) is 0 Å². The number of hydrogen-bond acceptors (Lipinski definition) is 4. The van der Waals surface area contributed by atoms with Crippen LogP contribution in [0.4, 0.5) is 0 Å². The molecular formula is CH5N2O3PS. The van der Waals surface area contributed by atoms with E-state index in [2.05, 4.69) is 21.9 Å². The van der Waals surface area contributed by atoms with Gasteiger partial charge in [-0.25, -0.2) is 10.1 Å². The van der Waals surface area contributed by atoms with Crippen LogP contribution in [-0.4, -0.2) is 21.6 Å². The molecule has 0 amide bonds. The highest BCUT2D eigenvalue weighted by atomic mass is 32.5. The van der Waals surface area contributed by atoms with Crippen molar-refractivity contribution in [1.29, 1.82) is 0 Å². The normalized spacial score (nSPS) is 28.0. The second-order valence-corrected chi connectivity index (χ2v) is 3.84. The molecule has 1 unspecified atom stereocenters. The van der Waals surface area contributed by atoms with Crippen LogP contribution in [0.15, 0.2) is 0 Å². The lowest BCUT2D eigenvalue weighted by Crippen LogP contribution is -1.98. The van der Waals surface area contributed by atoms with Crippen molar-refractivity contribution in [3.63, 3.8) is 0 Å². The van der Waals surface area contributed by atoms with Gasteiger partial charge in [0, 0.05) is 0 Å². The molecule has 1 fully saturated rings. The van der Waals surface area contributed by atoms with Crippen LogP contribution < -0.4 is 5.43 Å². The van der Waals surface area contributed by atoms with E-state index in [9.17, 15) is 0 Å². The van der Waals surface area contributed by atoms with E-state index in [0.717, 1.165) is 5.17 Å². The zero-order valence-corrected chi connectivity index (χ0v) is 5.52. The fourth-order valence-electron chi connectivity index (χ4n) is 0.215. The molecule has 5 nitrogen and oxygen atoms in total. The minimum absolute atomic E-state index is 0.500. The maximum atomic E-state index is 8.41. The minimum Gasteiger partial charge on any atom is -0.324 e. The second kappa shape index (κ2) is 2.00. The zero-order valence-electron chi connectivity index (χ0n) is 3.81. The second-order valence-electron chi connectivity index (χ2n) is 1.27. The summed E-state index contributed by atoms with van der Waals surface area (Å²) in [4.78, 5) is 16.8. The number of nitrogens with one attached hydrogen (secondary N) is 1. The zero-order chi connectivity index (χ0) is 6.20. The van der Waals surface area contributed by atoms with Gasteiger partial charge in [-0.05, 0) is 11.8 Å².